The lowest BCUT2D eigenvalue weighted by atomic mass is 9.75. The molecule has 1 spiro atoms. The molecule has 24 heavy (non-hydrogen) atoms. The van der Waals surface area contributed by atoms with Gasteiger partial charge in [-0.2, -0.15) is 0 Å². The number of aromatic nitrogens is 1. The molecule has 1 atom stereocenters. The van der Waals surface area contributed by atoms with E-state index in [1.165, 1.54) is 0 Å². The van der Waals surface area contributed by atoms with Gasteiger partial charge in [-0.3, -0.25) is 9.88 Å². The Morgan fingerprint density at radius 3 is 2.71 bits per heavy atom. The van der Waals surface area contributed by atoms with Crippen molar-refractivity contribution < 1.29 is 13.9 Å². The molecule has 0 unspecified atom stereocenters. The van der Waals surface area contributed by atoms with Crippen molar-refractivity contribution in [3.8, 4) is 11.5 Å². The van der Waals surface area contributed by atoms with Crippen LogP contribution < -0.4 is 4.90 Å². The molecule has 0 aliphatic carbocycles. The van der Waals surface area contributed by atoms with E-state index in [-0.39, 0.29) is 11.7 Å². The molecule has 0 N–H and O–H groups in total. The van der Waals surface area contributed by atoms with E-state index < -0.39 is 0 Å². The number of ether oxygens (including phenoxy) is 1. The third kappa shape index (κ3) is 2.06. The minimum Gasteiger partial charge on any atom is -0.439 e. The number of nitrogens with zero attached hydrogens (tertiary/aromatic N) is 3. The zero-order valence-corrected chi connectivity index (χ0v) is 13.4. The van der Waals surface area contributed by atoms with Crippen molar-refractivity contribution >= 4 is 12.0 Å². The molecule has 0 radical (unpaired) electrons. The third-order valence-corrected chi connectivity index (χ3v) is 5.53. The van der Waals surface area contributed by atoms with E-state index in [1.807, 2.05) is 30.3 Å². The summed E-state index contributed by atoms with van der Waals surface area (Å²) in [5.41, 5.74) is 0.389. The van der Waals surface area contributed by atoms with Crippen LogP contribution >= 0.6 is 0 Å². The Morgan fingerprint density at radius 1 is 1.12 bits per heavy atom. The summed E-state index contributed by atoms with van der Waals surface area (Å²) in [6.07, 6.45) is 3.64. The standard InChI is InChI=1S/C18H19N3O3/c22-17-21(12-18(24-17)11-20-9-6-13(18)7-10-20)16-5-4-15(23-16)14-3-1-2-8-19-14/h1-5,8,13H,6-7,9-12H2/t18-/m1/s1. The molecule has 0 aromatic carbocycles. The Kier molecular flexibility index (Phi) is 2.97. The predicted octanol–water partition coefficient (Wildman–Crippen LogP) is 2.76. The summed E-state index contributed by atoms with van der Waals surface area (Å²) in [6.45, 7) is 3.65. The van der Waals surface area contributed by atoms with Gasteiger partial charge in [0, 0.05) is 24.7 Å². The summed E-state index contributed by atoms with van der Waals surface area (Å²) < 4.78 is 11.8. The summed E-state index contributed by atoms with van der Waals surface area (Å²) in [7, 11) is 0. The number of furan rings is 1. The Labute approximate surface area is 140 Å². The van der Waals surface area contributed by atoms with E-state index in [1.54, 1.807) is 11.1 Å². The van der Waals surface area contributed by atoms with Gasteiger partial charge in [0.2, 0.25) is 5.88 Å². The number of hydrogen-bond donors (Lipinski definition) is 0. The van der Waals surface area contributed by atoms with Crippen LogP contribution in [0.4, 0.5) is 10.7 Å². The van der Waals surface area contributed by atoms with Gasteiger partial charge in [0.25, 0.3) is 0 Å². The molecule has 0 saturated carbocycles. The fourth-order valence-electron chi connectivity index (χ4n) is 4.30. The van der Waals surface area contributed by atoms with Crippen LogP contribution in [0, 0.1) is 5.92 Å². The third-order valence-electron chi connectivity index (χ3n) is 5.53. The number of pyridine rings is 1. The van der Waals surface area contributed by atoms with Crippen molar-refractivity contribution in [3.05, 3.63) is 36.5 Å². The fourth-order valence-corrected chi connectivity index (χ4v) is 4.30. The minimum atomic E-state index is -0.370. The van der Waals surface area contributed by atoms with E-state index in [0.29, 0.717) is 24.1 Å². The molecule has 4 fully saturated rings. The van der Waals surface area contributed by atoms with Gasteiger partial charge in [0.1, 0.15) is 11.3 Å². The van der Waals surface area contributed by atoms with Crippen LogP contribution in [0.25, 0.3) is 11.5 Å². The van der Waals surface area contributed by atoms with E-state index in [4.69, 9.17) is 9.15 Å². The number of amides is 1. The van der Waals surface area contributed by atoms with E-state index in [2.05, 4.69) is 9.88 Å². The molecule has 6 rings (SSSR count). The summed E-state index contributed by atoms with van der Waals surface area (Å²) >= 11 is 0. The van der Waals surface area contributed by atoms with Crippen molar-refractivity contribution in [2.24, 2.45) is 5.92 Å². The number of rotatable bonds is 2. The molecular weight excluding hydrogens is 306 g/mol. The molecule has 4 aliphatic heterocycles. The molecule has 6 heterocycles. The average Bonchev–Trinajstić information content (AvgIpc) is 3.22. The van der Waals surface area contributed by atoms with Crippen LogP contribution in [-0.4, -0.2) is 47.8 Å². The molecule has 2 bridgehead atoms. The minimum absolute atomic E-state index is 0.300. The van der Waals surface area contributed by atoms with Gasteiger partial charge in [-0.1, -0.05) is 6.07 Å². The summed E-state index contributed by atoms with van der Waals surface area (Å²) in [5.74, 6) is 1.66. The number of anilines is 1. The molecule has 124 valence electrons. The Hall–Kier alpha value is -2.34. The molecule has 4 aliphatic rings. The second-order valence-corrected chi connectivity index (χ2v) is 6.92. The maximum absolute atomic E-state index is 12.5. The molecule has 2 aromatic rings. The second kappa shape index (κ2) is 5.08. The van der Waals surface area contributed by atoms with Gasteiger partial charge in [0.05, 0.1) is 6.54 Å². The van der Waals surface area contributed by atoms with E-state index in [0.717, 1.165) is 38.2 Å². The van der Waals surface area contributed by atoms with Gasteiger partial charge < -0.3 is 9.15 Å². The van der Waals surface area contributed by atoms with Crippen LogP contribution in [0.2, 0.25) is 0 Å². The second-order valence-electron chi connectivity index (χ2n) is 6.92. The average molecular weight is 325 g/mol. The van der Waals surface area contributed by atoms with Crippen molar-refractivity contribution in [3.63, 3.8) is 0 Å². The van der Waals surface area contributed by atoms with E-state index in [9.17, 15) is 4.79 Å². The van der Waals surface area contributed by atoms with Crippen molar-refractivity contribution in [1.29, 1.82) is 0 Å². The van der Waals surface area contributed by atoms with Crippen LogP contribution in [0.1, 0.15) is 12.8 Å². The van der Waals surface area contributed by atoms with E-state index >= 15 is 0 Å². The lowest BCUT2D eigenvalue weighted by molar-refractivity contribution is -0.0881. The number of fused-ring (bicyclic) bond motifs is 2. The first-order valence-corrected chi connectivity index (χ1v) is 8.48. The lowest BCUT2D eigenvalue weighted by Gasteiger charge is -2.49. The van der Waals surface area contributed by atoms with Crippen molar-refractivity contribution in [2.45, 2.75) is 18.4 Å². The monoisotopic (exact) mass is 325 g/mol. The molecule has 2 aromatic heterocycles. The van der Waals surface area contributed by atoms with Gasteiger partial charge >= 0.3 is 6.09 Å². The Balaban J connectivity index is 1.42. The first kappa shape index (κ1) is 14.0. The molecule has 6 heteroatoms. The molecule has 4 saturated heterocycles. The number of hydrogen-bond acceptors (Lipinski definition) is 5. The maximum Gasteiger partial charge on any atom is 0.417 e. The summed E-state index contributed by atoms with van der Waals surface area (Å²) in [4.78, 5) is 20.8. The van der Waals surface area contributed by atoms with Gasteiger partial charge in [-0.05, 0) is 44.1 Å². The predicted molar refractivity (Wildman–Crippen MR) is 87.7 cm³/mol. The summed E-state index contributed by atoms with van der Waals surface area (Å²) in [6, 6.07) is 9.34. The topological polar surface area (TPSA) is 58.8 Å². The van der Waals surface area contributed by atoms with Crippen LogP contribution in [0.3, 0.4) is 0 Å². The largest absolute Gasteiger partial charge is 0.439 e. The van der Waals surface area contributed by atoms with Crippen LogP contribution in [0.5, 0.6) is 0 Å². The molecule has 6 nitrogen and oxygen atoms in total. The smallest absolute Gasteiger partial charge is 0.417 e. The first-order chi connectivity index (χ1) is 11.7. The SMILES string of the molecule is O=C1O[C@]2(CN3CCC2CC3)CN1c1ccc(-c2ccccn2)o1. The highest BCUT2D eigenvalue weighted by atomic mass is 16.6. The highest BCUT2D eigenvalue weighted by molar-refractivity contribution is 5.89. The van der Waals surface area contributed by atoms with Crippen molar-refractivity contribution in [2.75, 3.05) is 31.1 Å². The quantitative estimate of drug-likeness (QED) is 0.850. The van der Waals surface area contributed by atoms with Gasteiger partial charge in [0.15, 0.2) is 5.76 Å². The zero-order chi connectivity index (χ0) is 16.1. The Bertz CT molecular complexity index is 767. The van der Waals surface area contributed by atoms with Crippen LogP contribution in [-0.2, 0) is 4.74 Å². The number of carbonyl (C=O) groups excluding carboxylic acids is 1. The van der Waals surface area contributed by atoms with Gasteiger partial charge in [-0.25, -0.2) is 9.69 Å². The lowest BCUT2D eigenvalue weighted by Crippen LogP contribution is -2.61. The maximum atomic E-state index is 12.5. The normalized spacial score (nSPS) is 31.7. The molecule has 1 amide bonds. The highest BCUT2D eigenvalue weighted by Crippen LogP contribution is 2.43. The zero-order valence-electron chi connectivity index (χ0n) is 13.4. The van der Waals surface area contributed by atoms with Crippen LogP contribution in [0.15, 0.2) is 40.9 Å². The van der Waals surface area contributed by atoms with Gasteiger partial charge in [-0.15, -0.1) is 0 Å². The fraction of sp³-hybridized carbons (Fsp3) is 0.444. The summed E-state index contributed by atoms with van der Waals surface area (Å²) in [5, 5.41) is 0. The van der Waals surface area contributed by atoms with Crippen molar-refractivity contribution in [1.82, 2.24) is 9.88 Å². The highest BCUT2D eigenvalue weighted by Gasteiger charge is 2.56. The molecular formula is C18H19N3O3. The number of carbonyl (C=O) groups is 1. The number of piperidine rings is 3. The first-order valence-electron chi connectivity index (χ1n) is 8.48. The Morgan fingerprint density at radius 2 is 2.00 bits per heavy atom.